The highest BCUT2D eigenvalue weighted by molar-refractivity contribution is 4.78. The molecular weight excluding hydrogens is 180 g/mol. The van der Waals surface area contributed by atoms with Crippen LogP contribution in [-0.2, 0) is 0 Å². The zero-order valence-electron chi connectivity index (χ0n) is 11.9. The van der Waals surface area contributed by atoms with E-state index in [1.807, 2.05) is 0 Å². The Morgan fingerprint density at radius 2 is 1.60 bits per heavy atom. The van der Waals surface area contributed by atoms with E-state index in [-0.39, 0.29) is 0 Å². The highest BCUT2D eigenvalue weighted by Gasteiger charge is 2.27. The summed E-state index contributed by atoms with van der Waals surface area (Å²) in [6, 6.07) is 0. The first-order valence-electron chi connectivity index (χ1n) is 6.96. The van der Waals surface area contributed by atoms with Crippen LogP contribution in [0, 0.1) is 17.3 Å². The van der Waals surface area contributed by atoms with E-state index in [2.05, 4.69) is 41.5 Å². The van der Waals surface area contributed by atoms with Gasteiger partial charge in [0.1, 0.15) is 0 Å². The maximum Gasteiger partial charge on any atom is -0.0303 e. The summed E-state index contributed by atoms with van der Waals surface area (Å²) >= 11 is 0. The van der Waals surface area contributed by atoms with Crippen LogP contribution < -0.4 is 0 Å². The average molecular weight is 212 g/mol. The second-order valence-electron chi connectivity index (χ2n) is 5.98. The molecule has 0 N–H and O–H groups in total. The van der Waals surface area contributed by atoms with E-state index in [1.165, 1.54) is 38.5 Å². The summed E-state index contributed by atoms with van der Waals surface area (Å²) in [6.45, 7) is 14.3. The highest BCUT2D eigenvalue weighted by atomic mass is 14.3. The van der Waals surface area contributed by atoms with E-state index >= 15 is 0 Å². The zero-order valence-corrected chi connectivity index (χ0v) is 11.9. The smallest absolute Gasteiger partial charge is 0.0303 e. The molecule has 0 rings (SSSR count). The molecule has 0 amide bonds. The fourth-order valence-electron chi connectivity index (χ4n) is 2.47. The van der Waals surface area contributed by atoms with Gasteiger partial charge >= 0.3 is 0 Å². The first-order chi connectivity index (χ1) is 6.96. The number of rotatable bonds is 8. The summed E-state index contributed by atoms with van der Waals surface area (Å²) in [5.74, 6) is 1.76. The lowest BCUT2D eigenvalue weighted by Crippen LogP contribution is -2.24. The minimum Gasteiger partial charge on any atom is -0.0654 e. The van der Waals surface area contributed by atoms with E-state index in [0.29, 0.717) is 5.41 Å². The minimum absolute atomic E-state index is 0.588. The molecule has 0 aliphatic rings. The van der Waals surface area contributed by atoms with Gasteiger partial charge in [0, 0.05) is 0 Å². The molecular formula is C15H32. The van der Waals surface area contributed by atoms with Crippen molar-refractivity contribution in [1.29, 1.82) is 0 Å². The lowest BCUT2D eigenvalue weighted by atomic mass is 9.70. The van der Waals surface area contributed by atoms with Crippen LogP contribution in [0.2, 0.25) is 0 Å². The van der Waals surface area contributed by atoms with Crippen LogP contribution in [0.25, 0.3) is 0 Å². The normalized spacial score (nSPS) is 17.8. The fraction of sp³-hybridized carbons (Fsp3) is 1.00. The van der Waals surface area contributed by atoms with Crippen molar-refractivity contribution in [2.45, 2.75) is 80.1 Å². The largest absolute Gasteiger partial charge is 0.0654 e. The Labute approximate surface area is 97.8 Å². The molecule has 92 valence electrons. The van der Waals surface area contributed by atoms with Crippen LogP contribution in [-0.4, -0.2) is 0 Å². The third kappa shape index (κ3) is 5.58. The summed E-state index contributed by atoms with van der Waals surface area (Å²) in [5.41, 5.74) is 0.588. The monoisotopic (exact) mass is 212 g/mol. The van der Waals surface area contributed by atoms with Crippen LogP contribution in [0.4, 0.5) is 0 Å². The average Bonchev–Trinajstić information content (AvgIpc) is 2.17. The molecule has 2 atom stereocenters. The molecule has 0 spiro atoms. The Kier molecular flexibility index (Phi) is 7.30. The number of hydrogen-bond donors (Lipinski definition) is 0. The van der Waals surface area contributed by atoms with E-state index < -0.39 is 0 Å². The van der Waals surface area contributed by atoms with Crippen LogP contribution >= 0.6 is 0 Å². The van der Waals surface area contributed by atoms with Crippen molar-refractivity contribution in [3.63, 3.8) is 0 Å². The molecule has 2 unspecified atom stereocenters. The molecule has 0 aliphatic carbocycles. The molecule has 0 fully saturated rings. The van der Waals surface area contributed by atoms with Gasteiger partial charge in [0.25, 0.3) is 0 Å². The molecule has 0 bridgehead atoms. The Hall–Kier alpha value is 0. The van der Waals surface area contributed by atoms with Crippen molar-refractivity contribution in [3.05, 3.63) is 0 Å². The summed E-state index contributed by atoms with van der Waals surface area (Å²) in [5, 5.41) is 0. The topological polar surface area (TPSA) is 0 Å². The van der Waals surface area contributed by atoms with Crippen LogP contribution in [0.1, 0.15) is 80.1 Å². The lowest BCUT2D eigenvalue weighted by Gasteiger charge is -2.35. The van der Waals surface area contributed by atoms with Gasteiger partial charge in [-0.2, -0.15) is 0 Å². The first-order valence-corrected chi connectivity index (χ1v) is 6.96. The molecule has 0 heterocycles. The van der Waals surface area contributed by atoms with E-state index in [9.17, 15) is 0 Å². The highest BCUT2D eigenvalue weighted by Crippen LogP contribution is 2.39. The van der Waals surface area contributed by atoms with Gasteiger partial charge < -0.3 is 0 Å². The van der Waals surface area contributed by atoms with Crippen LogP contribution in [0.15, 0.2) is 0 Å². The van der Waals surface area contributed by atoms with Crippen molar-refractivity contribution in [3.8, 4) is 0 Å². The van der Waals surface area contributed by atoms with Crippen LogP contribution in [0.3, 0.4) is 0 Å². The second-order valence-corrected chi connectivity index (χ2v) is 5.98. The maximum atomic E-state index is 2.49. The molecule has 0 aromatic rings. The van der Waals surface area contributed by atoms with Gasteiger partial charge in [-0.15, -0.1) is 0 Å². The Balaban J connectivity index is 4.05. The van der Waals surface area contributed by atoms with Gasteiger partial charge in [-0.05, 0) is 23.7 Å². The predicted molar refractivity (Wildman–Crippen MR) is 71.2 cm³/mol. The Bertz CT molecular complexity index is 148. The third-order valence-corrected chi connectivity index (χ3v) is 4.25. The first kappa shape index (κ1) is 15.0. The van der Waals surface area contributed by atoms with Crippen LogP contribution in [0.5, 0.6) is 0 Å². The van der Waals surface area contributed by atoms with Gasteiger partial charge in [-0.3, -0.25) is 0 Å². The molecule has 0 aromatic heterocycles. The van der Waals surface area contributed by atoms with Gasteiger partial charge in [0.15, 0.2) is 0 Å². The molecule has 15 heavy (non-hydrogen) atoms. The van der Waals surface area contributed by atoms with E-state index in [1.54, 1.807) is 0 Å². The van der Waals surface area contributed by atoms with Gasteiger partial charge in [-0.1, -0.05) is 73.6 Å². The van der Waals surface area contributed by atoms with Crippen molar-refractivity contribution in [2.75, 3.05) is 0 Å². The summed E-state index contributed by atoms with van der Waals surface area (Å²) < 4.78 is 0. The summed E-state index contributed by atoms with van der Waals surface area (Å²) in [7, 11) is 0. The standard InChI is InChI=1S/C15H32/c1-7-10-14(5)15(6,8-2)12-9-11-13(3)4/h13-14H,7-12H2,1-6H3. The maximum absolute atomic E-state index is 2.49. The van der Waals surface area contributed by atoms with Crippen molar-refractivity contribution in [1.82, 2.24) is 0 Å². The van der Waals surface area contributed by atoms with Gasteiger partial charge in [0.05, 0.1) is 0 Å². The van der Waals surface area contributed by atoms with E-state index in [0.717, 1.165) is 11.8 Å². The number of hydrogen-bond acceptors (Lipinski definition) is 0. The molecule has 0 aromatic carbocycles. The Morgan fingerprint density at radius 3 is 2.00 bits per heavy atom. The Morgan fingerprint density at radius 1 is 1.00 bits per heavy atom. The molecule has 0 heteroatoms. The fourth-order valence-corrected chi connectivity index (χ4v) is 2.47. The summed E-state index contributed by atoms with van der Waals surface area (Å²) in [4.78, 5) is 0. The quantitative estimate of drug-likeness (QED) is 0.486. The molecule has 0 aliphatic heterocycles. The zero-order chi connectivity index (χ0) is 11.9. The second kappa shape index (κ2) is 7.30. The van der Waals surface area contributed by atoms with Crippen molar-refractivity contribution in [2.24, 2.45) is 17.3 Å². The van der Waals surface area contributed by atoms with Crippen molar-refractivity contribution >= 4 is 0 Å². The minimum atomic E-state index is 0.588. The molecule has 0 saturated carbocycles. The predicted octanol–water partition coefficient (Wildman–Crippen LogP) is 5.67. The van der Waals surface area contributed by atoms with E-state index in [4.69, 9.17) is 0 Å². The molecule has 0 nitrogen and oxygen atoms in total. The van der Waals surface area contributed by atoms with Gasteiger partial charge in [-0.25, -0.2) is 0 Å². The van der Waals surface area contributed by atoms with Gasteiger partial charge in [0.2, 0.25) is 0 Å². The lowest BCUT2D eigenvalue weighted by molar-refractivity contribution is 0.157. The third-order valence-electron chi connectivity index (χ3n) is 4.25. The SMILES string of the molecule is CCCC(C)C(C)(CC)CCCC(C)C. The summed E-state index contributed by atoms with van der Waals surface area (Å²) in [6.07, 6.45) is 8.30. The van der Waals surface area contributed by atoms with Crippen molar-refractivity contribution < 1.29 is 0 Å². The molecule has 0 radical (unpaired) electrons. The molecule has 0 saturated heterocycles.